The van der Waals surface area contributed by atoms with Crippen LogP contribution >= 0.6 is 23.2 Å². The number of hydrazine groups is 1. The molecule has 0 spiro atoms. The standard InChI is InChI=1S/C25H18Cl2FN5O/c1-14-8-23(15-2-4-16(28)5-3-15)31-22-7-6-18(11-19(14)22)34-25-20(26)9-17(10-21(25)27)33-13-30-12-24(29)32-33/h2-13,32H,29H2,1H3. The summed E-state index contributed by atoms with van der Waals surface area (Å²) in [4.78, 5) is 8.76. The fourth-order valence-corrected chi connectivity index (χ4v) is 4.17. The maximum absolute atomic E-state index is 13.3. The van der Waals surface area contributed by atoms with Crippen LogP contribution in [0, 0.1) is 12.7 Å². The van der Waals surface area contributed by atoms with Gasteiger partial charge in [-0.3, -0.25) is 5.43 Å². The summed E-state index contributed by atoms with van der Waals surface area (Å²) >= 11 is 13.0. The minimum absolute atomic E-state index is 0.283. The van der Waals surface area contributed by atoms with E-state index in [2.05, 4.69) is 10.4 Å². The first kappa shape index (κ1) is 22.0. The van der Waals surface area contributed by atoms with Gasteiger partial charge in [0.1, 0.15) is 23.7 Å². The number of ether oxygens (including phenoxy) is 1. The molecule has 0 saturated heterocycles. The Hall–Kier alpha value is -3.81. The number of aryl methyl sites for hydroxylation is 1. The van der Waals surface area contributed by atoms with Gasteiger partial charge in [-0.1, -0.05) is 23.2 Å². The van der Waals surface area contributed by atoms with Gasteiger partial charge in [0.25, 0.3) is 0 Å². The second-order valence-corrected chi connectivity index (χ2v) is 8.50. The van der Waals surface area contributed by atoms with E-state index in [9.17, 15) is 4.39 Å². The number of anilines is 1. The van der Waals surface area contributed by atoms with E-state index in [0.717, 1.165) is 27.7 Å². The average molecular weight is 494 g/mol. The molecule has 3 aromatic carbocycles. The lowest BCUT2D eigenvalue weighted by Crippen LogP contribution is -2.40. The van der Waals surface area contributed by atoms with Crippen molar-refractivity contribution in [3.8, 4) is 22.8 Å². The Balaban J connectivity index is 1.44. The quantitative estimate of drug-likeness (QED) is 0.336. The van der Waals surface area contributed by atoms with Crippen LogP contribution in [0.1, 0.15) is 5.56 Å². The molecule has 0 bridgehead atoms. The van der Waals surface area contributed by atoms with Gasteiger partial charge in [-0.15, -0.1) is 0 Å². The Morgan fingerprint density at radius 1 is 1.00 bits per heavy atom. The number of fused-ring (bicyclic) bond motifs is 1. The molecule has 4 aromatic rings. The molecule has 9 heteroatoms. The molecule has 2 heterocycles. The highest BCUT2D eigenvalue weighted by molar-refractivity contribution is 6.37. The highest BCUT2D eigenvalue weighted by Gasteiger charge is 2.16. The van der Waals surface area contributed by atoms with Crippen LogP contribution < -0.4 is 20.9 Å². The third-order valence-electron chi connectivity index (χ3n) is 5.25. The van der Waals surface area contributed by atoms with Crippen LogP contribution in [0.2, 0.25) is 10.0 Å². The molecule has 1 aliphatic rings. The first-order valence-corrected chi connectivity index (χ1v) is 11.0. The Morgan fingerprint density at radius 3 is 2.44 bits per heavy atom. The number of hydrogen-bond donors (Lipinski definition) is 2. The highest BCUT2D eigenvalue weighted by Crippen LogP contribution is 2.40. The molecule has 5 rings (SSSR count). The molecule has 3 N–H and O–H groups in total. The first-order valence-electron chi connectivity index (χ1n) is 10.3. The molecule has 170 valence electrons. The van der Waals surface area contributed by atoms with E-state index in [4.69, 9.17) is 38.7 Å². The van der Waals surface area contributed by atoms with Crippen molar-refractivity contribution in [2.45, 2.75) is 6.92 Å². The van der Waals surface area contributed by atoms with Crippen LogP contribution in [0.3, 0.4) is 0 Å². The van der Waals surface area contributed by atoms with Gasteiger partial charge in [-0.25, -0.2) is 19.4 Å². The van der Waals surface area contributed by atoms with Gasteiger partial charge < -0.3 is 10.5 Å². The summed E-state index contributed by atoms with van der Waals surface area (Å²) in [5, 5.41) is 3.17. The summed E-state index contributed by atoms with van der Waals surface area (Å²) in [6, 6.07) is 17.2. The minimum Gasteiger partial charge on any atom is -0.454 e. The number of nitrogens with one attached hydrogen (secondary N) is 1. The lowest BCUT2D eigenvalue weighted by molar-refractivity contribution is 0.484. The predicted octanol–water partition coefficient (Wildman–Crippen LogP) is 6.56. The number of aliphatic imine (C=N–C) groups is 1. The van der Waals surface area contributed by atoms with Crippen molar-refractivity contribution in [2.24, 2.45) is 10.7 Å². The zero-order valence-corrected chi connectivity index (χ0v) is 19.4. The molecule has 0 amide bonds. The van der Waals surface area contributed by atoms with Crippen LogP contribution in [-0.2, 0) is 0 Å². The molecular weight excluding hydrogens is 476 g/mol. The maximum Gasteiger partial charge on any atom is 0.164 e. The van der Waals surface area contributed by atoms with Gasteiger partial charge in [-0.05, 0) is 73.2 Å². The molecule has 1 aliphatic heterocycles. The average Bonchev–Trinajstić information content (AvgIpc) is 2.82. The van der Waals surface area contributed by atoms with Gasteiger partial charge in [0, 0.05) is 10.9 Å². The van der Waals surface area contributed by atoms with E-state index in [1.54, 1.807) is 41.7 Å². The van der Waals surface area contributed by atoms with Crippen molar-refractivity contribution >= 4 is 46.1 Å². The fraction of sp³-hybridized carbons (Fsp3) is 0.0400. The largest absolute Gasteiger partial charge is 0.454 e. The van der Waals surface area contributed by atoms with Crippen LogP contribution in [0.25, 0.3) is 22.2 Å². The van der Waals surface area contributed by atoms with E-state index < -0.39 is 0 Å². The lowest BCUT2D eigenvalue weighted by atomic mass is 10.0. The van der Waals surface area contributed by atoms with Crippen LogP contribution in [0.5, 0.6) is 11.5 Å². The van der Waals surface area contributed by atoms with Crippen molar-refractivity contribution in [1.82, 2.24) is 10.4 Å². The summed E-state index contributed by atoms with van der Waals surface area (Å²) < 4.78 is 19.3. The highest BCUT2D eigenvalue weighted by atomic mass is 35.5. The van der Waals surface area contributed by atoms with Gasteiger partial charge in [0.05, 0.1) is 33.1 Å². The third kappa shape index (κ3) is 4.35. The van der Waals surface area contributed by atoms with Crippen LogP contribution in [0.4, 0.5) is 10.1 Å². The van der Waals surface area contributed by atoms with Gasteiger partial charge in [-0.2, -0.15) is 0 Å². The molecule has 0 fully saturated rings. The number of nitrogens with two attached hydrogens (primary N) is 1. The molecule has 1 aromatic heterocycles. The smallest absolute Gasteiger partial charge is 0.164 e. The Labute approximate surface area is 205 Å². The van der Waals surface area contributed by atoms with Crippen LogP contribution in [0.15, 0.2) is 77.7 Å². The number of hydrogen-bond acceptors (Lipinski definition) is 6. The summed E-state index contributed by atoms with van der Waals surface area (Å²) in [7, 11) is 0. The lowest BCUT2D eigenvalue weighted by Gasteiger charge is -2.24. The van der Waals surface area contributed by atoms with Crippen molar-refractivity contribution in [3.63, 3.8) is 0 Å². The fourth-order valence-electron chi connectivity index (χ4n) is 3.61. The van der Waals surface area contributed by atoms with E-state index in [1.807, 2.05) is 25.1 Å². The van der Waals surface area contributed by atoms with Crippen molar-refractivity contribution in [1.29, 1.82) is 0 Å². The Kier molecular flexibility index (Phi) is 5.73. The second kappa shape index (κ2) is 8.85. The summed E-state index contributed by atoms with van der Waals surface area (Å²) in [6.07, 6.45) is 3.05. The zero-order chi connectivity index (χ0) is 23.8. The Bertz CT molecular complexity index is 1450. The third-order valence-corrected chi connectivity index (χ3v) is 5.81. The molecular formula is C25H18Cl2FN5O. The van der Waals surface area contributed by atoms with Crippen molar-refractivity contribution in [2.75, 3.05) is 5.01 Å². The summed E-state index contributed by atoms with van der Waals surface area (Å²) in [6.45, 7) is 1.99. The van der Waals surface area contributed by atoms with E-state index >= 15 is 0 Å². The molecule has 0 radical (unpaired) electrons. The summed E-state index contributed by atoms with van der Waals surface area (Å²) in [5.74, 6) is 0.998. The number of benzene rings is 3. The molecule has 0 unspecified atom stereocenters. The molecule has 6 nitrogen and oxygen atoms in total. The molecule has 0 atom stereocenters. The van der Waals surface area contributed by atoms with Crippen molar-refractivity contribution < 1.29 is 9.13 Å². The normalized spacial score (nSPS) is 13.1. The maximum atomic E-state index is 13.3. The topological polar surface area (TPSA) is 75.8 Å². The van der Waals surface area contributed by atoms with Crippen LogP contribution in [-0.4, -0.2) is 11.3 Å². The number of pyridine rings is 1. The number of rotatable bonds is 4. The summed E-state index contributed by atoms with van der Waals surface area (Å²) in [5.41, 5.74) is 12.8. The van der Waals surface area contributed by atoms with Crippen molar-refractivity contribution in [3.05, 3.63) is 94.1 Å². The van der Waals surface area contributed by atoms with E-state index in [-0.39, 0.29) is 5.82 Å². The van der Waals surface area contributed by atoms with E-state index in [1.165, 1.54) is 18.3 Å². The van der Waals surface area contributed by atoms with Gasteiger partial charge >= 0.3 is 0 Å². The molecule has 0 saturated carbocycles. The molecule has 0 aliphatic carbocycles. The second-order valence-electron chi connectivity index (χ2n) is 7.68. The van der Waals surface area contributed by atoms with Gasteiger partial charge in [0.2, 0.25) is 0 Å². The number of aromatic nitrogens is 1. The zero-order valence-electron chi connectivity index (χ0n) is 17.9. The molecule has 34 heavy (non-hydrogen) atoms. The number of nitrogens with zero attached hydrogens (tertiary/aromatic N) is 3. The SMILES string of the molecule is Cc1cc(-c2ccc(F)cc2)nc2ccc(Oc3c(Cl)cc(N4C=NC=C(N)N4)cc3Cl)cc12. The first-order chi connectivity index (χ1) is 16.4. The number of halogens is 3. The Morgan fingerprint density at radius 2 is 1.74 bits per heavy atom. The minimum atomic E-state index is -0.283. The van der Waals surface area contributed by atoms with E-state index in [0.29, 0.717) is 33.1 Å². The monoisotopic (exact) mass is 493 g/mol. The predicted molar refractivity (Wildman–Crippen MR) is 135 cm³/mol. The van der Waals surface area contributed by atoms with Gasteiger partial charge in [0.15, 0.2) is 5.75 Å².